The third-order valence-corrected chi connectivity index (χ3v) is 5.04. The van der Waals surface area contributed by atoms with Crippen molar-refractivity contribution < 1.29 is 9.47 Å². The summed E-state index contributed by atoms with van der Waals surface area (Å²) in [5.74, 6) is 0.551. The van der Waals surface area contributed by atoms with Gasteiger partial charge in [-0.1, -0.05) is 90.2 Å². The highest BCUT2D eigenvalue weighted by Gasteiger charge is 2.25. The number of allylic oxidation sites excluding steroid dienone is 2. The average Bonchev–Trinajstić information content (AvgIpc) is 3.12. The van der Waals surface area contributed by atoms with E-state index in [2.05, 4.69) is 26.0 Å². The quantitative estimate of drug-likeness (QED) is 0.222. The van der Waals surface area contributed by atoms with E-state index < -0.39 is 0 Å². The first-order chi connectivity index (χ1) is 11.9. The first-order valence-corrected chi connectivity index (χ1v) is 10.8. The van der Waals surface area contributed by atoms with E-state index in [1.54, 1.807) is 0 Å². The summed E-state index contributed by atoms with van der Waals surface area (Å²) in [5, 5.41) is 0. The summed E-state index contributed by atoms with van der Waals surface area (Å²) < 4.78 is 11.6. The zero-order valence-corrected chi connectivity index (χ0v) is 16.4. The van der Waals surface area contributed by atoms with Crippen molar-refractivity contribution in [2.24, 2.45) is 5.92 Å². The highest BCUT2D eigenvalue weighted by molar-refractivity contribution is 4.85. The molecule has 0 radical (unpaired) electrons. The monoisotopic (exact) mass is 338 g/mol. The third kappa shape index (κ3) is 11.3. The molecule has 0 saturated carbocycles. The number of ether oxygens (including phenoxy) is 2. The average molecular weight is 339 g/mol. The van der Waals surface area contributed by atoms with Crippen LogP contribution in [0.25, 0.3) is 0 Å². The lowest BCUT2D eigenvalue weighted by Crippen LogP contribution is -2.21. The van der Waals surface area contributed by atoms with Crippen molar-refractivity contribution >= 4 is 0 Å². The summed E-state index contributed by atoms with van der Waals surface area (Å²) in [7, 11) is 0. The van der Waals surface area contributed by atoms with Crippen LogP contribution in [0.3, 0.4) is 0 Å². The van der Waals surface area contributed by atoms with Crippen molar-refractivity contribution in [3.8, 4) is 0 Å². The highest BCUT2D eigenvalue weighted by Crippen LogP contribution is 2.25. The Kier molecular flexibility index (Phi) is 14.6. The lowest BCUT2D eigenvalue weighted by Gasteiger charge is -2.21. The van der Waals surface area contributed by atoms with Crippen molar-refractivity contribution in [3.05, 3.63) is 12.2 Å². The Morgan fingerprint density at radius 1 is 0.750 bits per heavy atom. The fourth-order valence-electron chi connectivity index (χ4n) is 3.46. The maximum Gasteiger partial charge on any atom is 0.160 e. The van der Waals surface area contributed by atoms with Crippen molar-refractivity contribution in [2.45, 2.75) is 110 Å². The van der Waals surface area contributed by atoms with Crippen molar-refractivity contribution in [2.75, 3.05) is 13.2 Å². The van der Waals surface area contributed by atoms with Crippen LogP contribution in [-0.4, -0.2) is 19.5 Å². The van der Waals surface area contributed by atoms with E-state index in [1.165, 1.54) is 83.5 Å². The van der Waals surface area contributed by atoms with Crippen LogP contribution in [0.15, 0.2) is 12.2 Å². The summed E-state index contributed by atoms with van der Waals surface area (Å²) in [6.07, 6.45) is 23.5. The summed E-state index contributed by atoms with van der Waals surface area (Å²) in [6.45, 7) is 6.10. The zero-order chi connectivity index (χ0) is 17.3. The molecule has 0 aromatic heterocycles. The number of hydrogen-bond acceptors (Lipinski definition) is 2. The van der Waals surface area contributed by atoms with Crippen molar-refractivity contribution in [3.63, 3.8) is 0 Å². The van der Waals surface area contributed by atoms with Gasteiger partial charge in [0.25, 0.3) is 0 Å². The molecule has 1 heterocycles. The molecule has 2 nitrogen and oxygen atoms in total. The van der Waals surface area contributed by atoms with Crippen LogP contribution in [-0.2, 0) is 9.47 Å². The highest BCUT2D eigenvalue weighted by atomic mass is 16.7. The van der Waals surface area contributed by atoms with Gasteiger partial charge < -0.3 is 9.47 Å². The molecule has 0 aromatic carbocycles. The molecule has 1 aliphatic rings. The normalized spacial score (nSPS) is 17.1. The minimum absolute atomic E-state index is 0.0508. The topological polar surface area (TPSA) is 18.5 Å². The fourth-order valence-corrected chi connectivity index (χ4v) is 3.46. The Morgan fingerprint density at radius 3 is 2.00 bits per heavy atom. The van der Waals surface area contributed by atoms with Gasteiger partial charge in [0.05, 0.1) is 13.2 Å². The maximum absolute atomic E-state index is 5.78. The van der Waals surface area contributed by atoms with Crippen LogP contribution in [0.2, 0.25) is 0 Å². The molecule has 0 amide bonds. The van der Waals surface area contributed by atoms with Gasteiger partial charge in [-0.15, -0.1) is 0 Å². The van der Waals surface area contributed by atoms with E-state index in [4.69, 9.17) is 9.47 Å². The van der Waals surface area contributed by atoms with Gasteiger partial charge in [0.1, 0.15) is 0 Å². The molecule has 0 aliphatic carbocycles. The van der Waals surface area contributed by atoms with E-state index in [0.717, 1.165) is 19.6 Å². The van der Waals surface area contributed by atoms with Gasteiger partial charge in [-0.05, 0) is 25.7 Å². The molecule has 1 saturated heterocycles. The second-order valence-electron chi connectivity index (χ2n) is 7.34. The van der Waals surface area contributed by atoms with Gasteiger partial charge in [0.2, 0.25) is 0 Å². The number of rotatable bonds is 16. The molecule has 1 fully saturated rings. The minimum Gasteiger partial charge on any atom is -0.350 e. The maximum atomic E-state index is 5.78. The Hall–Kier alpha value is -0.340. The third-order valence-electron chi connectivity index (χ3n) is 5.04. The van der Waals surface area contributed by atoms with Crippen LogP contribution in [0, 0.1) is 5.92 Å². The molecule has 0 spiro atoms. The SMILES string of the molecule is CCCCCC=CCC(CCCCCCCCCC)C1OCCO1. The second-order valence-corrected chi connectivity index (χ2v) is 7.34. The van der Waals surface area contributed by atoms with Gasteiger partial charge in [-0.3, -0.25) is 0 Å². The predicted molar refractivity (Wildman–Crippen MR) is 104 cm³/mol. The summed E-state index contributed by atoms with van der Waals surface area (Å²) >= 11 is 0. The van der Waals surface area contributed by atoms with E-state index in [1.807, 2.05) is 0 Å². The Bertz CT molecular complexity index is 282. The molecule has 0 N–H and O–H groups in total. The van der Waals surface area contributed by atoms with Crippen molar-refractivity contribution in [1.82, 2.24) is 0 Å². The van der Waals surface area contributed by atoms with Crippen LogP contribution < -0.4 is 0 Å². The van der Waals surface area contributed by atoms with Crippen LogP contribution >= 0.6 is 0 Å². The molecule has 142 valence electrons. The standard InChI is InChI=1S/C22H42O2/c1-3-5-7-9-11-12-14-16-18-21(22-23-19-20-24-22)17-15-13-10-8-6-4-2/h13,15,21-22H,3-12,14,16-20H2,1-2H3. The largest absolute Gasteiger partial charge is 0.350 e. The van der Waals surface area contributed by atoms with Crippen molar-refractivity contribution in [1.29, 1.82) is 0 Å². The summed E-state index contributed by atoms with van der Waals surface area (Å²) in [4.78, 5) is 0. The van der Waals surface area contributed by atoms with Crippen LogP contribution in [0.5, 0.6) is 0 Å². The first-order valence-electron chi connectivity index (χ1n) is 10.8. The molecule has 1 rings (SSSR count). The molecule has 2 heteroatoms. The molecular formula is C22H42O2. The van der Waals surface area contributed by atoms with Gasteiger partial charge in [0.15, 0.2) is 6.29 Å². The van der Waals surface area contributed by atoms with E-state index in [-0.39, 0.29) is 6.29 Å². The smallest absolute Gasteiger partial charge is 0.160 e. The molecule has 24 heavy (non-hydrogen) atoms. The lowest BCUT2D eigenvalue weighted by atomic mass is 9.96. The predicted octanol–water partition coefficient (Wildman–Crippen LogP) is 7.03. The number of unbranched alkanes of at least 4 members (excludes halogenated alkanes) is 10. The van der Waals surface area contributed by atoms with E-state index in [9.17, 15) is 0 Å². The zero-order valence-electron chi connectivity index (χ0n) is 16.4. The molecule has 0 aromatic rings. The Balaban J connectivity index is 2.13. The molecule has 1 atom stereocenters. The first kappa shape index (κ1) is 21.7. The lowest BCUT2D eigenvalue weighted by molar-refractivity contribution is -0.0850. The molecule has 1 aliphatic heterocycles. The van der Waals surface area contributed by atoms with Gasteiger partial charge >= 0.3 is 0 Å². The minimum atomic E-state index is 0.0508. The van der Waals surface area contributed by atoms with E-state index in [0.29, 0.717) is 5.92 Å². The van der Waals surface area contributed by atoms with E-state index >= 15 is 0 Å². The molecular weight excluding hydrogens is 296 g/mol. The summed E-state index contributed by atoms with van der Waals surface area (Å²) in [6, 6.07) is 0. The Labute approximate surface area is 151 Å². The van der Waals surface area contributed by atoms with Gasteiger partial charge in [-0.25, -0.2) is 0 Å². The van der Waals surface area contributed by atoms with Gasteiger partial charge in [0, 0.05) is 5.92 Å². The number of hydrogen-bond donors (Lipinski definition) is 0. The van der Waals surface area contributed by atoms with Crippen LogP contribution in [0.4, 0.5) is 0 Å². The fraction of sp³-hybridized carbons (Fsp3) is 0.909. The molecule has 0 bridgehead atoms. The summed E-state index contributed by atoms with van der Waals surface area (Å²) in [5.41, 5.74) is 0. The Morgan fingerprint density at radius 2 is 1.33 bits per heavy atom. The molecule has 1 unspecified atom stereocenters. The van der Waals surface area contributed by atoms with Crippen LogP contribution in [0.1, 0.15) is 104 Å². The second kappa shape index (κ2) is 16.1. The van der Waals surface area contributed by atoms with Gasteiger partial charge in [-0.2, -0.15) is 0 Å².